The molecular weight excluding hydrogens is 340 g/mol. The number of ketones is 1. The Bertz CT molecular complexity index is 1050. The first-order valence-electron chi connectivity index (χ1n) is 8.51. The summed E-state index contributed by atoms with van der Waals surface area (Å²) in [5.74, 6) is 0.199. The molecule has 0 fully saturated rings. The molecule has 3 nitrogen and oxygen atoms in total. The van der Waals surface area contributed by atoms with E-state index < -0.39 is 8.07 Å². The van der Waals surface area contributed by atoms with E-state index in [2.05, 4.69) is 13.1 Å². The standard InChI is InChI=1S/C22H18O3Si/c1-26(2)20-11-15(24)7-9-18(20)22(17-6-4-3-5-14(17)13-23)19-10-8-16(25)12-21(19)26/h3-13,24H,1-2H3. The molecular formula is C22H18O3Si. The topological polar surface area (TPSA) is 54.4 Å². The Morgan fingerprint density at radius 2 is 1.77 bits per heavy atom. The zero-order valence-corrected chi connectivity index (χ0v) is 15.6. The number of aldehydes is 1. The van der Waals surface area contributed by atoms with Gasteiger partial charge in [0, 0.05) is 5.56 Å². The van der Waals surface area contributed by atoms with Gasteiger partial charge in [-0.3, -0.25) is 9.59 Å². The minimum absolute atomic E-state index is 0.0176. The third-order valence-electron chi connectivity index (χ3n) is 5.24. The molecule has 0 saturated heterocycles. The van der Waals surface area contributed by atoms with Gasteiger partial charge in [0.1, 0.15) is 13.8 Å². The highest BCUT2D eigenvalue weighted by molar-refractivity contribution is 6.98. The van der Waals surface area contributed by atoms with Crippen molar-refractivity contribution in [3.8, 4) is 5.75 Å². The predicted molar refractivity (Wildman–Crippen MR) is 105 cm³/mol. The number of rotatable bonds is 2. The molecule has 128 valence electrons. The highest BCUT2D eigenvalue weighted by atomic mass is 28.3. The van der Waals surface area contributed by atoms with Gasteiger partial charge >= 0.3 is 0 Å². The van der Waals surface area contributed by atoms with E-state index in [-0.39, 0.29) is 11.5 Å². The number of phenols is 1. The fourth-order valence-corrected chi connectivity index (χ4v) is 7.00. The number of carbonyl (C=O) groups excluding carboxylic acids is 2. The monoisotopic (exact) mass is 358 g/mol. The number of hydrogen-bond acceptors (Lipinski definition) is 3. The summed E-state index contributed by atoms with van der Waals surface area (Å²) in [5, 5.41) is 12.2. The van der Waals surface area contributed by atoms with E-state index in [4.69, 9.17) is 0 Å². The summed E-state index contributed by atoms with van der Waals surface area (Å²) in [4.78, 5) is 23.7. The summed E-state index contributed by atoms with van der Waals surface area (Å²) in [6.07, 6.45) is 6.04. The highest BCUT2D eigenvalue weighted by Gasteiger charge is 2.40. The average Bonchev–Trinajstić information content (AvgIpc) is 2.63. The van der Waals surface area contributed by atoms with Crippen molar-refractivity contribution in [2.45, 2.75) is 13.1 Å². The molecule has 0 amide bonds. The van der Waals surface area contributed by atoms with Crippen LogP contribution < -0.4 is 5.19 Å². The van der Waals surface area contributed by atoms with Gasteiger partial charge in [-0.25, -0.2) is 0 Å². The SMILES string of the molecule is C[Si]1(C)C2=CC(=O)C=CC2=C(c2ccccc2C=O)c2ccc(O)cc21. The third-order valence-corrected chi connectivity index (χ3v) is 8.76. The van der Waals surface area contributed by atoms with Crippen molar-refractivity contribution >= 4 is 30.9 Å². The highest BCUT2D eigenvalue weighted by Crippen LogP contribution is 2.42. The Labute approximate surface area is 153 Å². The Morgan fingerprint density at radius 3 is 2.54 bits per heavy atom. The van der Waals surface area contributed by atoms with Crippen molar-refractivity contribution in [3.63, 3.8) is 0 Å². The molecule has 1 N–H and O–H groups in total. The summed E-state index contributed by atoms with van der Waals surface area (Å²) in [7, 11) is -2.17. The van der Waals surface area contributed by atoms with E-state index in [1.807, 2.05) is 36.4 Å². The molecule has 2 aliphatic rings. The number of aromatic hydroxyl groups is 1. The van der Waals surface area contributed by atoms with E-state index in [1.165, 1.54) is 0 Å². The van der Waals surface area contributed by atoms with Crippen LogP contribution in [0.15, 0.2) is 71.5 Å². The van der Waals surface area contributed by atoms with Gasteiger partial charge in [0.25, 0.3) is 0 Å². The normalized spacial score (nSPS) is 17.5. The zero-order chi connectivity index (χ0) is 18.5. The minimum atomic E-state index is -2.17. The summed E-state index contributed by atoms with van der Waals surface area (Å²) < 4.78 is 0. The minimum Gasteiger partial charge on any atom is -0.508 e. The van der Waals surface area contributed by atoms with E-state index in [1.54, 1.807) is 24.3 Å². The molecule has 0 bridgehead atoms. The van der Waals surface area contributed by atoms with E-state index in [0.717, 1.165) is 38.9 Å². The van der Waals surface area contributed by atoms with Gasteiger partial charge in [0.05, 0.1) is 0 Å². The second-order valence-electron chi connectivity index (χ2n) is 7.14. The lowest BCUT2D eigenvalue weighted by Gasteiger charge is -2.37. The van der Waals surface area contributed by atoms with Crippen molar-refractivity contribution < 1.29 is 14.7 Å². The lowest BCUT2D eigenvalue weighted by atomic mass is 9.88. The van der Waals surface area contributed by atoms with Crippen LogP contribution in [0.2, 0.25) is 13.1 Å². The van der Waals surface area contributed by atoms with Crippen LogP contribution in [-0.4, -0.2) is 25.2 Å². The summed E-state index contributed by atoms with van der Waals surface area (Å²) >= 11 is 0. The maximum absolute atomic E-state index is 12.1. The number of hydrogen-bond donors (Lipinski definition) is 1. The van der Waals surface area contributed by atoms with Crippen LogP contribution in [0.4, 0.5) is 0 Å². The second-order valence-corrected chi connectivity index (χ2v) is 11.5. The molecule has 2 aromatic carbocycles. The van der Waals surface area contributed by atoms with E-state index in [9.17, 15) is 14.7 Å². The smallest absolute Gasteiger partial charge is 0.178 e. The molecule has 0 atom stereocenters. The molecule has 2 aromatic rings. The molecule has 1 aliphatic heterocycles. The average molecular weight is 358 g/mol. The molecule has 4 heteroatoms. The maximum Gasteiger partial charge on any atom is 0.178 e. The lowest BCUT2D eigenvalue weighted by molar-refractivity contribution is -0.110. The van der Waals surface area contributed by atoms with E-state index >= 15 is 0 Å². The van der Waals surface area contributed by atoms with Crippen LogP contribution in [0.25, 0.3) is 5.57 Å². The van der Waals surface area contributed by atoms with Gasteiger partial charge in [-0.05, 0) is 56.9 Å². The number of fused-ring (bicyclic) bond motifs is 2. The van der Waals surface area contributed by atoms with Crippen molar-refractivity contribution in [3.05, 3.63) is 88.2 Å². The molecule has 0 spiro atoms. The van der Waals surface area contributed by atoms with Crippen LogP contribution in [0.1, 0.15) is 21.5 Å². The van der Waals surface area contributed by atoms with Gasteiger partial charge < -0.3 is 5.11 Å². The number of carbonyl (C=O) groups is 2. The fourth-order valence-electron chi connectivity index (χ4n) is 3.93. The Balaban J connectivity index is 2.15. The lowest BCUT2D eigenvalue weighted by Crippen LogP contribution is -2.49. The van der Waals surface area contributed by atoms with Gasteiger partial charge in [-0.2, -0.15) is 0 Å². The van der Waals surface area contributed by atoms with Gasteiger partial charge in [-0.15, -0.1) is 0 Å². The summed E-state index contributed by atoms with van der Waals surface area (Å²) in [5.41, 5.74) is 4.44. The van der Waals surface area contributed by atoms with Crippen LogP contribution in [-0.2, 0) is 4.79 Å². The number of allylic oxidation sites excluding steroid dienone is 5. The van der Waals surface area contributed by atoms with Crippen LogP contribution in [0.3, 0.4) is 0 Å². The molecule has 26 heavy (non-hydrogen) atoms. The molecule has 1 heterocycles. The molecule has 4 rings (SSSR count). The summed E-state index contributed by atoms with van der Waals surface area (Å²) in [6.45, 7) is 4.37. The van der Waals surface area contributed by atoms with Gasteiger partial charge in [0.2, 0.25) is 0 Å². The fraction of sp³-hybridized carbons (Fsp3) is 0.0909. The second kappa shape index (κ2) is 5.78. The zero-order valence-electron chi connectivity index (χ0n) is 14.6. The molecule has 1 aliphatic carbocycles. The predicted octanol–water partition coefficient (Wildman–Crippen LogP) is 3.54. The Kier molecular flexibility index (Phi) is 3.66. The maximum atomic E-state index is 12.1. The molecule has 0 radical (unpaired) electrons. The first-order chi connectivity index (χ1) is 12.4. The van der Waals surface area contributed by atoms with Crippen molar-refractivity contribution in [1.29, 1.82) is 0 Å². The Morgan fingerprint density at radius 1 is 1.00 bits per heavy atom. The van der Waals surface area contributed by atoms with Crippen molar-refractivity contribution in [1.82, 2.24) is 0 Å². The first kappa shape index (κ1) is 16.5. The Hall–Kier alpha value is -2.98. The van der Waals surface area contributed by atoms with E-state index in [0.29, 0.717) is 5.56 Å². The third kappa shape index (κ3) is 2.34. The summed E-state index contributed by atoms with van der Waals surface area (Å²) in [6, 6.07) is 12.9. The quantitative estimate of drug-likeness (QED) is 0.660. The number of phenolic OH excluding ortho intramolecular Hbond substituents is 1. The molecule has 0 unspecified atom stereocenters. The molecule has 0 saturated carbocycles. The molecule has 0 aromatic heterocycles. The van der Waals surface area contributed by atoms with Crippen LogP contribution in [0, 0.1) is 0 Å². The van der Waals surface area contributed by atoms with Crippen LogP contribution >= 0.6 is 0 Å². The van der Waals surface area contributed by atoms with Crippen molar-refractivity contribution in [2.24, 2.45) is 0 Å². The van der Waals surface area contributed by atoms with Gasteiger partial charge in [0.15, 0.2) is 12.1 Å². The van der Waals surface area contributed by atoms with Gasteiger partial charge in [-0.1, -0.05) is 49.5 Å². The van der Waals surface area contributed by atoms with Crippen LogP contribution in [0.5, 0.6) is 5.75 Å². The largest absolute Gasteiger partial charge is 0.508 e. The van der Waals surface area contributed by atoms with Crippen molar-refractivity contribution in [2.75, 3.05) is 0 Å². The number of benzene rings is 2. The first-order valence-corrected chi connectivity index (χ1v) is 11.5.